The quantitative estimate of drug-likeness (QED) is 0.716. The monoisotopic (exact) mass is 256 g/mol. The third-order valence-corrected chi connectivity index (χ3v) is 2.80. The van der Waals surface area contributed by atoms with Gasteiger partial charge in [-0.3, -0.25) is 4.90 Å². The molecule has 18 heavy (non-hydrogen) atoms. The standard InChI is InChI=1S/C13H24N2O3/c1-11(10-16)9-14-5-7-15(8-6-14)12(17)18-13(2,3)4/h10-11H,5-9H2,1-4H3. The first-order valence-corrected chi connectivity index (χ1v) is 6.47. The highest BCUT2D eigenvalue weighted by Gasteiger charge is 2.26. The molecule has 0 aromatic heterocycles. The van der Waals surface area contributed by atoms with Gasteiger partial charge < -0.3 is 14.4 Å². The zero-order chi connectivity index (χ0) is 13.8. The summed E-state index contributed by atoms with van der Waals surface area (Å²) in [5, 5.41) is 0. The van der Waals surface area contributed by atoms with Crippen molar-refractivity contribution in [2.45, 2.75) is 33.3 Å². The number of carbonyl (C=O) groups is 2. The lowest BCUT2D eigenvalue weighted by Crippen LogP contribution is -2.50. The molecule has 1 heterocycles. The van der Waals surface area contributed by atoms with E-state index in [0.717, 1.165) is 25.9 Å². The summed E-state index contributed by atoms with van der Waals surface area (Å²) in [4.78, 5) is 26.4. The summed E-state index contributed by atoms with van der Waals surface area (Å²) in [7, 11) is 0. The van der Waals surface area contributed by atoms with Crippen molar-refractivity contribution < 1.29 is 14.3 Å². The van der Waals surface area contributed by atoms with Gasteiger partial charge in [0.25, 0.3) is 0 Å². The van der Waals surface area contributed by atoms with E-state index in [2.05, 4.69) is 4.90 Å². The number of aldehydes is 1. The molecule has 1 aliphatic heterocycles. The zero-order valence-electron chi connectivity index (χ0n) is 11.8. The third-order valence-electron chi connectivity index (χ3n) is 2.80. The van der Waals surface area contributed by atoms with Crippen LogP contribution < -0.4 is 0 Å². The molecule has 0 spiro atoms. The van der Waals surface area contributed by atoms with E-state index in [1.807, 2.05) is 27.7 Å². The van der Waals surface area contributed by atoms with Crippen LogP contribution in [0.1, 0.15) is 27.7 Å². The SMILES string of the molecule is CC(C=O)CN1CCN(C(=O)OC(C)(C)C)CC1. The van der Waals surface area contributed by atoms with Crippen molar-refractivity contribution in [3.8, 4) is 0 Å². The number of hydrogen-bond donors (Lipinski definition) is 0. The summed E-state index contributed by atoms with van der Waals surface area (Å²) in [6, 6.07) is 0. The summed E-state index contributed by atoms with van der Waals surface area (Å²) in [6.07, 6.45) is 0.728. The van der Waals surface area contributed by atoms with Crippen LogP contribution in [0.4, 0.5) is 4.79 Å². The number of amides is 1. The third kappa shape index (κ3) is 5.04. The van der Waals surface area contributed by atoms with Crippen LogP contribution in [-0.4, -0.2) is 60.5 Å². The normalized spacial score (nSPS) is 19.4. The molecular formula is C13H24N2O3. The van der Waals surface area contributed by atoms with Crippen LogP contribution in [0.5, 0.6) is 0 Å². The Bertz CT molecular complexity index is 291. The molecule has 5 heteroatoms. The van der Waals surface area contributed by atoms with Crippen molar-refractivity contribution in [3.63, 3.8) is 0 Å². The van der Waals surface area contributed by atoms with Crippen LogP contribution in [-0.2, 0) is 9.53 Å². The van der Waals surface area contributed by atoms with Crippen molar-refractivity contribution in [3.05, 3.63) is 0 Å². The highest BCUT2D eigenvalue weighted by Crippen LogP contribution is 2.12. The maximum absolute atomic E-state index is 11.8. The van der Waals surface area contributed by atoms with Gasteiger partial charge >= 0.3 is 6.09 Å². The fraction of sp³-hybridized carbons (Fsp3) is 0.846. The Morgan fingerprint density at radius 2 is 1.83 bits per heavy atom. The van der Waals surface area contributed by atoms with Gasteiger partial charge in [0.2, 0.25) is 0 Å². The average Bonchev–Trinajstić information content (AvgIpc) is 2.27. The van der Waals surface area contributed by atoms with Gasteiger partial charge in [-0.2, -0.15) is 0 Å². The molecule has 1 fully saturated rings. The van der Waals surface area contributed by atoms with E-state index >= 15 is 0 Å². The second kappa shape index (κ2) is 6.18. The first-order chi connectivity index (χ1) is 8.31. The Labute approximate surface area is 109 Å². The number of rotatable bonds is 3. The van der Waals surface area contributed by atoms with Crippen LogP contribution in [0.25, 0.3) is 0 Å². The maximum Gasteiger partial charge on any atom is 0.410 e. The van der Waals surface area contributed by atoms with E-state index in [9.17, 15) is 9.59 Å². The molecule has 1 rings (SSSR count). The molecule has 1 amide bonds. The minimum absolute atomic E-state index is 0.0538. The molecule has 0 aromatic rings. The van der Waals surface area contributed by atoms with Gasteiger partial charge in [-0.25, -0.2) is 4.79 Å². The van der Waals surface area contributed by atoms with Crippen LogP contribution in [0, 0.1) is 5.92 Å². The molecule has 0 N–H and O–H groups in total. The zero-order valence-corrected chi connectivity index (χ0v) is 11.8. The molecule has 0 aliphatic carbocycles. The van der Waals surface area contributed by atoms with Crippen molar-refractivity contribution in [1.29, 1.82) is 0 Å². The molecule has 1 aliphatic rings. The lowest BCUT2D eigenvalue weighted by Gasteiger charge is -2.36. The van der Waals surface area contributed by atoms with Gasteiger partial charge in [0.15, 0.2) is 0 Å². The predicted octanol–water partition coefficient (Wildman–Crippen LogP) is 1.37. The van der Waals surface area contributed by atoms with E-state index in [4.69, 9.17) is 4.74 Å². The second-order valence-corrected chi connectivity index (χ2v) is 5.88. The van der Waals surface area contributed by atoms with E-state index in [0.29, 0.717) is 13.1 Å². The summed E-state index contributed by atoms with van der Waals surface area (Å²) in [6.45, 7) is 11.2. The molecule has 0 bridgehead atoms. The molecule has 5 nitrogen and oxygen atoms in total. The number of carbonyl (C=O) groups excluding carboxylic acids is 2. The molecule has 0 aromatic carbocycles. The number of piperazine rings is 1. The number of nitrogens with zero attached hydrogens (tertiary/aromatic N) is 2. The Morgan fingerprint density at radius 1 is 1.28 bits per heavy atom. The molecule has 104 valence electrons. The lowest BCUT2D eigenvalue weighted by molar-refractivity contribution is -0.111. The Morgan fingerprint density at radius 3 is 2.28 bits per heavy atom. The topological polar surface area (TPSA) is 49.9 Å². The summed E-state index contributed by atoms with van der Waals surface area (Å²) in [5.74, 6) is 0.0538. The summed E-state index contributed by atoms with van der Waals surface area (Å²) in [5.41, 5.74) is -0.444. The molecule has 0 saturated carbocycles. The van der Waals surface area contributed by atoms with Crippen molar-refractivity contribution >= 4 is 12.4 Å². The summed E-state index contributed by atoms with van der Waals surface area (Å²) < 4.78 is 5.33. The van der Waals surface area contributed by atoms with Gasteiger partial charge in [-0.1, -0.05) is 6.92 Å². The average molecular weight is 256 g/mol. The first-order valence-electron chi connectivity index (χ1n) is 6.47. The number of ether oxygens (including phenoxy) is 1. The fourth-order valence-corrected chi connectivity index (χ4v) is 1.89. The van der Waals surface area contributed by atoms with Gasteiger partial charge in [-0.15, -0.1) is 0 Å². The van der Waals surface area contributed by atoms with Crippen LogP contribution in [0.2, 0.25) is 0 Å². The largest absolute Gasteiger partial charge is 0.444 e. The van der Waals surface area contributed by atoms with E-state index in [1.165, 1.54) is 0 Å². The Balaban J connectivity index is 2.35. The highest BCUT2D eigenvalue weighted by atomic mass is 16.6. The van der Waals surface area contributed by atoms with E-state index in [-0.39, 0.29) is 12.0 Å². The minimum atomic E-state index is -0.444. The Kier molecular flexibility index (Phi) is 5.14. The molecule has 0 radical (unpaired) electrons. The Hall–Kier alpha value is -1.10. The predicted molar refractivity (Wildman–Crippen MR) is 69.5 cm³/mol. The van der Waals surface area contributed by atoms with Crippen LogP contribution in [0.3, 0.4) is 0 Å². The lowest BCUT2D eigenvalue weighted by atomic mass is 10.2. The van der Waals surface area contributed by atoms with Crippen LogP contribution in [0.15, 0.2) is 0 Å². The molecule has 1 atom stereocenters. The smallest absolute Gasteiger partial charge is 0.410 e. The van der Waals surface area contributed by atoms with Crippen LogP contribution >= 0.6 is 0 Å². The summed E-state index contributed by atoms with van der Waals surface area (Å²) >= 11 is 0. The van der Waals surface area contributed by atoms with Gasteiger partial charge in [0.1, 0.15) is 11.9 Å². The molecule has 1 unspecified atom stereocenters. The first kappa shape index (κ1) is 15.0. The van der Waals surface area contributed by atoms with E-state index < -0.39 is 5.60 Å². The van der Waals surface area contributed by atoms with Crippen molar-refractivity contribution in [2.24, 2.45) is 5.92 Å². The fourth-order valence-electron chi connectivity index (χ4n) is 1.89. The second-order valence-electron chi connectivity index (χ2n) is 5.88. The number of hydrogen-bond acceptors (Lipinski definition) is 4. The van der Waals surface area contributed by atoms with Gasteiger partial charge in [0.05, 0.1) is 0 Å². The maximum atomic E-state index is 11.8. The van der Waals surface area contributed by atoms with Crippen molar-refractivity contribution in [1.82, 2.24) is 9.80 Å². The van der Waals surface area contributed by atoms with E-state index in [1.54, 1.807) is 4.90 Å². The van der Waals surface area contributed by atoms with Gasteiger partial charge in [-0.05, 0) is 20.8 Å². The van der Waals surface area contributed by atoms with Crippen molar-refractivity contribution in [2.75, 3.05) is 32.7 Å². The highest BCUT2D eigenvalue weighted by molar-refractivity contribution is 5.68. The minimum Gasteiger partial charge on any atom is -0.444 e. The molecule has 1 saturated heterocycles. The van der Waals surface area contributed by atoms with Gasteiger partial charge in [0, 0.05) is 38.6 Å². The molecular weight excluding hydrogens is 232 g/mol.